The molecule has 0 spiro atoms. The fourth-order valence-electron chi connectivity index (χ4n) is 1.12. The Hall–Kier alpha value is -1.00. The number of hydrogen-bond donors (Lipinski definition) is 0. The SMILES string of the molecule is COCc1ccc(SCC(=O)N(C)C)cc1. The van der Waals surface area contributed by atoms with Crippen molar-refractivity contribution >= 4 is 17.7 Å². The third-order valence-corrected chi connectivity index (χ3v) is 3.09. The van der Waals surface area contributed by atoms with Crippen LogP contribution in [0, 0.1) is 0 Å². The quantitative estimate of drug-likeness (QED) is 0.736. The van der Waals surface area contributed by atoms with Gasteiger partial charge >= 0.3 is 0 Å². The number of amides is 1. The highest BCUT2D eigenvalue weighted by molar-refractivity contribution is 8.00. The van der Waals surface area contributed by atoms with Gasteiger partial charge in [-0.25, -0.2) is 0 Å². The molecule has 1 rings (SSSR count). The highest BCUT2D eigenvalue weighted by Crippen LogP contribution is 2.18. The fourth-order valence-corrected chi connectivity index (χ4v) is 2.00. The molecule has 0 aliphatic rings. The molecule has 1 aromatic rings. The average molecular weight is 239 g/mol. The minimum Gasteiger partial charge on any atom is -0.380 e. The Labute approximate surface area is 101 Å². The van der Waals surface area contributed by atoms with Crippen molar-refractivity contribution in [1.82, 2.24) is 4.90 Å². The van der Waals surface area contributed by atoms with Crippen LogP contribution in [0.25, 0.3) is 0 Å². The van der Waals surface area contributed by atoms with E-state index < -0.39 is 0 Å². The Bertz CT molecular complexity index is 335. The molecule has 1 amide bonds. The highest BCUT2D eigenvalue weighted by atomic mass is 32.2. The van der Waals surface area contributed by atoms with Crippen LogP contribution in [0.2, 0.25) is 0 Å². The summed E-state index contributed by atoms with van der Waals surface area (Å²) >= 11 is 1.55. The normalized spacial score (nSPS) is 10.2. The van der Waals surface area contributed by atoms with Crippen molar-refractivity contribution in [2.75, 3.05) is 27.0 Å². The summed E-state index contributed by atoms with van der Waals surface area (Å²) in [6, 6.07) is 8.07. The lowest BCUT2D eigenvalue weighted by atomic mass is 10.2. The van der Waals surface area contributed by atoms with E-state index in [0.717, 1.165) is 10.5 Å². The maximum Gasteiger partial charge on any atom is 0.232 e. The second kappa shape index (κ2) is 6.55. The minimum absolute atomic E-state index is 0.131. The summed E-state index contributed by atoms with van der Waals surface area (Å²) in [5.74, 6) is 0.613. The molecule has 0 radical (unpaired) electrons. The molecular weight excluding hydrogens is 222 g/mol. The zero-order valence-corrected chi connectivity index (χ0v) is 10.7. The number of methoxy groups -OCH3 is 1. The van der Waals surface area contributed by atoms with E-state index in [1.165, 1.54) is 0 Å². The zero-order valence-electron chi connectivity index (χ0n) is 9.90. The van der Waals surface area contributed by atoms with Crippen LogP contribution in [0.15, 0.2) is 29.2 Å². The van der Waals surface area contributed by atoms with Crippen LogP contribution in [-0.2, 0) is 16.1 Å². The van der Waals surface area contributed by atoms with Gasteiger partial charge in [0.05, 0.1) is 12.4 Å². The molecule has 3 nitrogen and oxygen atoms in total. The third-order valence-electron chi connectivity index (χ3n) is 2.10. The maximum atomic E-state index is 11.4. The first kappa shape index (κ1) is 13.1. The second-order valence-corrected chi connectivity index (χ2v) is 4.70. The Kier molecular flexibility index (Phi) is 5.35. The van der Waals surface area contributed by atoms with Crippen LogP contribution >= 0.6 is 11.8 Å². The molecule has 0 aliphatic heterocycles. The van der Waals surface area contributed by atoms with Gasteiger partial charge < -0.3 is 9.64 Å². The first-order valence-corrected chi connectivity index (χ1v) is 6.03. The molecule has 0 saturated carbocycles. The summed E-state index contributed by atoms with van der Waals surface area (Å²) < 4.78 is 5.03. The van der Waals surface area contributed by atoms with Crippen LogP contribution in [0.4, 0.5) is 0 Å². The number of ether oxygens (including phenoxy) is 1. The summed E-state index contributed by atoms with van der Waals surface area (Å²) in [6.45, 7) is 0.627. The topological polar surface area (TPSA) is 29.5 Å². The minimum atomic E-state index is 0.131. The molecule has 0 fully saturated rings. The largest absolute Gasteiger partial charge is 0.380 e. The summed E-state index contributed by atoms with van der Waals surface area (Å²) in [5, 5.41) is 0. The van der Waals surface area contributed by atoms with Gasteiger partial charge in [-0.2, -0.15) is 0 Å². The third kappa shape index (κ3) is 4.24. The molecule has 0 aliphatic carbocycles. The van der Waals surface area contributed by atoms with Crippen molar-refractivity contribution in [2.45, 2.75) is 11.5 Å². The summed E-state index contributed by atoms with van der Waals surface area (Å²) in [4.78, 5) is 14.1. The summed E-state index contributed by atoms with van der Waals surface area (Å²) in [5.41, 5.74) is 1.14. The van der Waals surface area contributed by atoms with Crippen molar-refractivity contribution in [3.63, 3.8) is 0 Å². The van der Waals surface area contributed by atoms with E-state index in [9.17, 15) is 4.79 Å². The highest BCUT2D eigenvalue weighted by Gasteiger charge is 2.04. The predicted octanol–water partition coefficient (Wildman–Crippen LogP) is 2.01. The van der Waals surface area contributed by atoms with Crippen molar-refractivity contribution < 1.29 is 9.53 Å². The number of rotatable bonds is 5. The van der Waals surface area contributed by atoms with Gasteiger partial charge in [0, 0.05) is 26.1 Å². The molecule has 0 aromatic heterocycles. The average Bonchev–Trinajstić information content (AvgIpc) is 2.28. The predicted molar refractivity (Wildman–Crippen MR) is 66.6 cm³/mol. The van der Waals surface area contributed by atoms with Gasteiger partial charge in [-0.15, -0.1) is 11.8 Å². The molecule has 0 atom stereocenters. The molecule has 1 aromatic carbocycles. The number of hydrogen-bond acceptors (Lipinski definition) is 3. The van der Waals surface area contributed by atoms with Crippen LogP contribution < -0.4 is 0 Å². The van der Waals surface area contributed by atoms with E-state index in [2.05, 4.69) is 0 Å². The van der Waals surface area contributed by atoms with Crippen molar-refractivity contribution in [1.29, 1.82) is 0 Å². The number of carbonyl (C=O) groups excluding carboxylic acids is 1. The zero-order chi connectivity index (χ0) is 12.0. The van der Waals surface area contributed by atoms with Gasteiger partial charge in [0.1, 0.15) is 0 Å². The molecule has 0 unspecified atom stereocenters. The van der Waals surface area contributed by atoms with Gasteiger partial charge in [0.2, 0.25) is 5.91 Å². The van der Waals surface area contributed by atoms with Gasteiger partial charge in [-0.1, -0.05) is 12.1 Å². The van der Waals surface area contributed by atoms with Crippen molar-refractivity contribution in [3.8, 4) is 0 Å². The molecule has 88 valence electrons. The molecule has 0 bridgehead atoms. The van der Waals surface area contributed by atoms with Crippen LogP contribution in [-0.4, -0.2) is 37.8 Å². The number of nitrogens with zero attached hydrogens (tertiary/aromatic N) is 1. The lowest BCUT2D eigenvalue weighted by Gasteiger charge is -2.09. The second-order valence-electron chi connectivity index (χ2n) is 3.65. The molecular formula is C12H17NO2S. The lowest BCUT2D eigenvalue weighted by molar-refractivity contribution is -0.125. The maximum absolute atomic E-state index is 11.4. The Balaban J connectivity index is 2.46. The molecule has 16 heavy (non-hydrogen) atoms. The first-order valence-electron chi connectivity index (χ1n) is 5.04. The van der Waals surface area contributed by atoms with Crippen LogP contribution in [0.5, 0.6) is 0 Å². The van der Waals surface area contributed by atoms with Gasteiger partial charge in [0.15, 0.2) is 0 Å². The van der Waals surface area contributed by atoms with Crippen molar-refractivity contribution in [2.24, 2.45) is 0 Å². The Morgan fingerprint density at radius 1 is 1.31 bits per heavy atom. The number of carbonyl (C=O) groups is 1. The monoisotopic (exact) mass is 239 g/mol. The van der Waals surface area contributed by atoms with Gasteiger partial charge in [-0.3, -0.25) is 4.79 Å². The smallest absolute Gasteiger partial charge is 0.232 e. The molecule has 4 heteroatoms. The van der Waals surface area contributed by atoms with Crippen molar-refractivity contribution in [3.05, 3.63) is 29.8 Å². The molecule has 0 saturated heterocycles. The molecule has 0 N–H and O–H groups in total. The van der Waals surface area contributed by atoms with Gasteiger partial charge in [-0.05, 0) is 17.7 Å². The fraction of sp³-hybridized carbons (Fsp3) is 0.417. The lowest BCUT2D eigenvalue weighted by Crippen LogP contribution is -2.23. The first-order chi connectivity index (χ1) is 7.63. The number of thioether (sulfide) groups is 1. The summed E-state index contributed by atoms with van der Waals surface area (Å²) in [7, 11) is 5.22. The molecule has 0 heterocycles. The van der Waals surface area contributed by atoms with E-state index in [0.29, 0.717) is 12.4 Å². The van der Waals surface area contributed by atoms with E-state index in [-0.39, 0.29) is 5.91 Å². The van der Waals surface area contributed by atoms with E-state index in [4.69, 9.17) is 4.74 Å². The van der Waals surface area contributed by atoms with E-state index in [1.807, 2.05) is 24.3 Å². The van der Waals surface area contributed by atoms with E-state index in [1.54, 1.807) is 37.9 Å². The van der Waals surface area contributed by atoms with Crippen LogP contribution in [0.3, 0.4) is 0 Å². The number of benzene rings is 1. The van der Waals surface area contributed by atoms with Gasteiger partial charge in [0.25, 0.3) is 0 Å². The van der Waals surface area contributed by atoms with Crippen LogP contribution in [0.1, 0.15) is 5.56 Å². The summed E-state index contributed by atoms with van der Waals surface area (Å²) in [6.07, 6.45) is 0. The standard InChI is InChI=1S/C12H17NO2S/c1-13(2)12(14)9-16-11-6-4-10(5-7-11)8-15-3/h4-7H,8-9H2,1-3H3. The Morgan fingerprint density at radius 2 is 1.94 bits per heavy atom. The van der Waals surface area contributed by atoms with E-state index >= 15 is 0 Å². The Morgan fingerprint density at radius 3 is 2.44 bits per heavy atom.